The van der Waals surface area contributed by atoms with Crippen molar-refractivity contribution in [1.82, 2.24) is 8.87 Å². The third-order valence-electron chi connectivity index (χ3n) is 5.96. The first-order chi connectivity index (χ1) is 16.7. The molecule has 2 heterocycles. The Morgan fingerprint density at radius 3 is 2.69 bits per heavy atom. The number of fused-ring (bicyclic) bond motifs is 1. The lowest BCUT2D eigenvalue weighted by Crippen LogP contribution is -2.42. The monoisotopic (exact) mass is 523 g/mol. The number of sulfonamides is 1. The van der Waals surface area contributed by atoms with Gasteiger partial charge in [-0.05, 0) is 44.9 Å². The molecule has 0 bridgehead atoms. The Hall–Kier alpha value is -2.47. The summed E-state index contributed by atoms with van der Waals surface area (Å²) in [5.41, 5.74) is 1.11. The molecule has 11 heteroatoms. The van der Waals surface area contributed by atoms with Gasteiger partial charge < -0.3 is 9.30 Å². The normalized spacial score (nSPS) is 17.8. The maximum Gasteiger partial charge on any atom is 0.252 e. The van der Waals surface area contributed by atoms with E-state index in [9.17, 15) is 22.0 Å². The molecular formula is C24H27F2N3O4S2. The van der Waals surface area contributed by atoms with Crippen molar-refractivity contribution in [3.05, 3.63) is 58.4 Å². The molecule has 1 amide bonds. The number of benzene rings is 2. The number of nitrogens with zero attached hydrogens (tertiary/aromatic N) is 3. The van der Waals surface area contributed by atoms with Crippen LogP contribution in [0.4, 0.5) is 8.78 Å². The van der Waals surface area contributed by atoms with Gasteiger partial charge in [-0.3, -0.25) is 4.79 Å². The molecule has 1 aromatic heterocycles. The molecule has 0 radical (unpaired) electrons. The molecule has 7 nitrogen and oxygen atoms in total. The van der Waals surface area contributed by atoms with Crippen molar-refractivity contribution in [1.29, 1.82) is 0 Å². The largest absolute Gasteiger partial charge is 0.380 e. The van der Waals surface area contributed by atoms with Gasteiger partial charge in [-0.1, -0.05) is 29.0 Å². The topological polar surface area (TPSA) is 81.0 Å². The fourth-order valence-electron chi connectivity index (χ4n) is 4.13. The van der Waals surface area contributed by atoms with Crippen LogP contribution in [0.5, 0.6) is 0 Å². The summed E-state index contributed by atoms with van der Waals surface area (Å²) in [4.78, 5) is 17.8. The smallest absolute Gasteiger partial charge is 0.252 e. The minimum Gasteiger partial charge on any atom is -0.380 e. The molecule has 35 heavy (non-hydrogen) atoms. The third-order valence-corrected chi connectivity index (χ3v) is 8.86. The van der Waals surface area contributed by atoms with Crippen LogP contribution in [0.25, 0.3) is 10.2 Å². The Morgan fingerprint density at radius 2 is 1.97 bits per heavy atom. The van der Waals surface area contributed by atoms with Crippen LogP contribution in [0.3, 0.4) is 0 Å². The lowest BCUT2D eigenvalue weighted by molar-refractivity contribution is -0.122. The van der Waals surface area contributed by atoms with Crippen LogP contribution in [0.15, 0.2) is 46.3 Å². The second-order valence-electron chi connectivity index (χ2n) is 8.43. The first-order valence-corrected chi connectivity index (χ1v) is 13.7. The Morgan fingerprint density at radius 1 is 1.23 bits per heavy atom. The molecule has 0 saturated carbocycles. The van der Waals surface area contributed by atoms with Crippen LogP contribution in [0, 0.1) is 24.5 Å². The SMILES string of the molecule is CCOCCn1c(=NC(=O)C2CCCN(S(=O)(=O)c3ccc(C)cc3)C2)sc2cc(F)cc(F)c21. The van der Waals surface area contributed by atoms with E-state index >= 15 is 0 Å². The lowest BCUT2D eigenvalue weighted by atomic mass is 9.99. The fourth-order valence-corrected chi connectivity index (χ4v) is 6.75. The lowest BCUT2D eigenvalue weighted by Gasteiger charge is -2.30. The summed E-state index contributed by atoms with van der Waals surface area (Å²) >= 11 is 1.02. The van der Waals surface area contributed by atoms with E-state index < -0.39 is 33.5 Å². The van der Waals surface area contributed by atoms with E-state index in [0.717, 1.165) is 23.0 Å². The molecule has 1 unspecified atom stereocenters. The summed E-state index contributed by atoms with van der Waals surface area (Å²) in [6, 6.07) is 8.60. The number of halogens is 2. The van der Waals surface area contributed by atoms with Gasteiger partial charge in [-0.25, -0.2) is 17.2 Å². The van der Waals surface area contributed by atoms with E-state index in [1.54, 1.807) is 24.3 Å². The second-order valence-corrected chi connectivity index (χ2v) is 11.4. The van der Waals surface area contributed by atoms with Gasteiger partial charge in [-0.15, -0.1) is 0 Å². The molecule has 1 aliphatic rings. The zero-order chi connectivity index (χ0) is 25.2. The second kappa shape index (κ2) is 10.7. The summed E-state index contributed by atoms with van der Waals surface area (Å²) < 4.78 is 63.1. The predicted molar refractivity (Wildman–Crippen MR) is 129 cm³/mol. The zero-order valence-electron chi connectivity index (χ0n) is 19.5. The summed E-state index contributed by atoms with van der Waals surface area (Å²) in [5, 5.41) is 0. The van der Waals surface area contributed by atoms with Gasteiger partial charge in [0.15, 0.2) is 10.6 Å². The van der Waals surface area contributed by atoms with Gasteiger partial charge in [0.1, 0.15) is 5.82 Å². The highest BCUT2D eigenvalue weighted by Crippen LogP contribution is 2.26. The molecule has 4 rings (SSSR count). The molecule has 0 N–H and O–H groups in total. The van der Waals surface area contributed by atoms with Crippen molar-refractivity contribution in [3.63, 3.8) is 0 Å². The van der Waals surface area contributed by atoms with Gasteiger partial charge in [0.05, 0.1) is 27.6 Å². The molecular weight excluding hydrogens is 496 g/mol. The van der Waals surface area contributed by atoms with Crippen LogP contribution in [-0.2, 0) is 26.1 Å². The first-order valence-electron chi connectivity index (χ1n) is 11.4. The summed E-state index contributed by atoms with van der Waals surface area (Å²) in [7, 11) is -3.74. The van der Waals surface area contributed by atoms with Crippen LogP contribution in [0.1, 0.15) is 25.3 Å². The van der Waals surface area contributed by atoms with Gasteiger partial charge in [0, 0.05) is 32.3 Å². The number of ether oxygens (including phenoxy) is 1. The van der Waals surface area contributed by atoms with E-state index in [-0.39, 0.29) is 34.9 Å². The molecule has 1 fully saturated rings. The van der Waals surface area contributed by atoms with E-state index in [4.69, 9.17) is 4.74 Å². The number of amides is 1. The minimum absolute atomic E-state index is 0.0192. The average molecular weight is 524 g/mol. The molecule has 0 aliphatic carbocycles. The number of hydrogen-bond donors (Lipinski definition) is 0. The van der Waals surface area contributed by atoms with Crippen molar-refractivity contribution >= 4 is 37.5 Å². The Kier molecular flexibility index (Phi) is 7.80. The van der Waals surface area contributed by atoms with E-state index in [1.807, 2.05) is 13.8 Å². The number of thiazole rings is 1. The summed E-state index contributed by atoms with van der Waals surface area (Å²) in [6.45, 7) is 5.03. The average Bonchev–Trinajstić information content (AvgIpc) is 3.16. The number of aryl methyl sites for hydroxylation is 1. The molecule has 2 aromatic carbocycles. The summed E-state index contributed by atoms with van der Waals surface area (Å²) in [6.07, 6.45) is 1.02. The predicted octanol–water partition coefficient (Wildman–Crippen LogP) is 3.85. The van der Waals surface area contributed by atoms with Gasteiger partial charge in [0.25, 0.3) is 5.91 Å². The van der Waals surface area contributed by atoms with Crippen LogP contribution < -0.4 is 4.80 Å². The van der Waals surface area contributed by atoms with Crippen molar-refractivity contribution in [2.45, 2.75) is 38.1 Å². The Bertz CT molecular complexity index is 1400. The quantitative estimate of drug-likeness (QED) is 0.441. The highest BCUT2D eigenvalue weighted by Gasteiger charge is 2.33. The van der Waals surface area contributed by atoms with Crippen molar-refractivity contribution in [3.8, 4) is 0 Å². The number of rotatable bonds is 7. The summed E-state index contributed by atoms with van der Waals surface area (Å²) in [5.74, 6) is -2.56. The number of piperidine rings is 1. The first kappa shape index (κ1) is 25.6. The number of aromatic nitrogens is 1. The van der Waals surface area contributed by atoms with Crippen molar-refractivity contribution < 1.29 is 26.7 Å². The molecule has 0 spiro atoms. The maximum atomic E-state index is 14.6. The molecule has 188 valence electrons. The molecule has 1 saturated heterocycles. The van der Waals surface area contributed by atoms with Gasteiger partial charge in [-0.2, -0.15) is 9.30 Å². The minimum atomic E-state index is -3.74. The van der Waals surface area contributed by atoms with Crippen LogP contribution >= 0.6 is 11.3 Å². The van der Waals surface area contributed by atoms with E-state index in [1.165, 1.54) is 14.9 Å². The van der Waals surface area contributed by atoms with Crippen LogP contribution in [-0.4, -0.2) is 49.5 Å². The van der Waals surface area contributed by atoms with E-state index in [2.05, 4.69) is 4.99 Å². The highest BCUT2D eigenvalue weighted by molar-refractivity contribution is 7.89. The third kappa shape index (κ3) is 5.53. The number of hydrogen-bond acceptors (Lipinski definition) is 5. The Balaban J connectivity index is 1.64. The zero-order valence-corrected chi connectivity index (χ0v) is 21.2. The van der Waals surface area contributed by atoms with Crippen molar-refractivity contribution in [2.24, 2.45) is 10.9 Å². The van der Waals surface area contributed by atoms with Gasteiger partial charge in [0.2, 0.25) is 10.0 Å². The highest BCUT2D eigenvalue weighted by atomic mass is 32.2. The molecule has 3 aromatic rings. The van der Waals surface area contributed by atoms with E-state index in [0.29, 0.717) is 30.7 Å². The van der Waals surface area contributed by atoms with Gasteiger partial charge >= 0.3 is 0 Å². The van der Waals surface area contributed by atoms with Crippen molar-refractivity contribution in [2.75, 3.05) is 26.3 Å². The fraction of sp³-hybridized carbons (Fsp3) is 0.417. The maximum absolute atomic E-state index is 14.6. The standard InChI is InChI=1S/C24H27F2N3O4S2/c1-3-33-12-11-29-22-20(26)13-18(25)14-21(22)34-24(29)27-23(30)17-5-4-10-28(15-17)35(31,32)19-8-6-16(2)7-9-19/h6-9,13-14,17H,3-5,10-12,15H2,1-2H3. The molecule has 1 aliphatic heterocycles. The Labute approximate surface area is 206 Å². The number of carbonyl (C=O) groups excluding carboxylic acids is 1. The van der Waals surface area contributed by atoms with Crippen LogP contribution in [0.2, 0.25) is 0 Å². The number of carbonyl (C=O) groups is 1. The molecule has 1 atom stereocenters.